The predicted molar refractivity (Wildman–Crippen MR) is 108 cm³/mol. The minimum atomic E-state index is -3.49. The van der Waals surface area contributed by atoms with Gasteiger partial charge in [-0.1, -0.05) is 12.8 Å². The van der Waals surface area contributed by atoms with Crippen LogP contribution in [0.3, 0.4) is 0 Å². The lowest BCUT2D eigenvalue weighted by Gasteiger charge is -2.20. The number of rotatable bonds is 5. The lowest BCUT2D eigenvalue weighted by atomic mass is 10.2. The third-order valence-electron chi connectivity index (χ3n) is 4.52. The van der Waals surface area contributed by atoms with E-state index in [0.29, 0.717) is 29.4 Å². The lowest BCUT2D eigenvalue weighted by molar-refractivity contribution is 0.102. The zero-order valence-electron chi connectivity index (χ0n) is 15.2. The summed E-state index contributed by atoms with van der Waals surface area (Å²) in [6.07, 6.45) is 7.45. The molecule has 1 N–H and O–H groups in total. The fourth-order valence-corrected chi connectivity index (χ4v) is 5.13. The van der Waals surface area contributed by atoms with Crippen LogP contribution in [0.2, 0.25) is 0 Å². The monoisotopic (exact) mass is 405 g/mol. The first-order chi connectivity index (χ1) is 13.0. The highest BCUT2D eigenvalue weighted by atomic mass is 32.2. The quantitative estimate of drug-likeness (QED) is 0.769. The number of anilines is 1. The molecule has 0 bridgehead atoms. The number of hydrogen-bond acceptors (Lipinski definition) is 5. The molecule has 0 aliphatic carbocycles. The standard InChI is InChI=1S/C19H23N3O3S2/c1-26-19-17(7-6-12-20-19)18(23)21-15-8-10-16(11-9-15)27(24,25)22-13-4-2-3-5-14-22/h6-12H,2-5,13-14H2,1H3,(H,21,23). The normalized spacial score (nSPS) is 15.9. The Morgan fingerprint density at radius 1 is 1.07 bits per heavy atom. The fourth-order valence-electron chi connectivity index (χ4n) is 3.07. The van der Waals surface area contributed by atoms with Crippen LogP contribution in [0.5, 0.6) is 0 Å². The Hall–Kier alpha value is -1.90. The van der Waals surface area contributed by atoms with Crippen molar-refractivity contribution in [1.29, 1.82) is 0 Å². The molecule has 1 aliphatic rings. The van der Waals surface area contributed by atoms with Gasteiger partial charge in [-0.05, 0) is 55.5 Å². The number of benzene rings is 1. The largest absolute Gasteiger partial charge is 0.322 e. The van der Waals surface area contributed by atoms with E-state index < -0.39 is 10.0 Å². The van der Waals surface area contributed by atoms with E-state index in [1.54, 1.807) is 46.9 Å². The van der Waals surface area contributed by atoms with Crippen LogP contribution in [0.25, 0.3) is 0 Å². The van der Waals surface area contributed by atoms with Crippen LogP contribution in [0, 0.1) is 0 Å². The van der Waals surface area contributed by atoms with Crippen LogP contribution in [-0.2, 0) is 10.0 Å². The maximum atomic E-state index is 12.8. The number of nitrogens with one attached hydrogen (secondary N) is 1. The molecule has 1 aromatic heterocycles. The number of nitrogens with zero attached hydrogens (tertiary/aromatic N) is 2. The molecule has 0 saturated carbocycles. The van der Waals surface area contributed by atoms with Crippen LogP contribution in [0.15, 0.2) is 52.5 Å². The number of amides is 1. The number of sulfonamides is 1. The van der Waals surface area contributed by atoms with Crippen molar-refractivity contribution in [2.75, 3.05) is 24.7 Å². The van der Waals surface area contributed by atoms with Gasteiger partial charge >= 0.3 is 0 Å². The highest BCUT2D eigenvalue weighted by molar-refractivity contribution is 7.98. The summed E-state index contributed by atoms with van der Waals surface area (Å²) in [6.45, 7) is 1.14. The van der Waals surface area contributed by atoms with Gasteiger partial charge in [-0.3, -0.25) is 4.79 Å². The summed E-state index contributed by atoms with van der Waals surface area (Å²) >= 11 is 1.40. The molecule has 6 nitrogen and oxygen atoms in total. The summed E-state index contributed by atoms with van der Waals surface area (Å²) in [5, 5.41) is 3.45. The van der Waals surface area contributed by atoms with Crippen molar-refractivity contribution >= 4 is 33.4 Å². The third-order valence-corrected chi connectivity index (χ3v) is 7.15. The number of carbonyl (C=O) groups is 1. The second-order valence-electron chi connectivity index (χ2n) is 6.36. The SMILES string of the molecule is CSc1ncccc1C(=O)Nc1ccc(S(=O)(=O)N2CCCCCC2)cc1. The maximum absolute atomic E-state index is 12.8. The molecular weight excluding hydrogens is 382 g/mol. The lowest BCUT2D eigenvalue weighted by Crippen LogP contribution is -2.31. The highest BCUT2D eigenvalue weighted by Gasteiger charge is 2.25. The Morgan fingerprint density at radius 2 is 1.74 bits per heavy atom. The van der Waals surface area contributed by atoms with Crippen LogP contribution >= 0.6 is 11.8 Å². The molecule has 0 unspecified atom stereocenters. The molecule has 2 heterocycles. The summed E-state index contributed by atoms with van der Waals surface area (Å²) in [5.74, 6) is -0.268. The molecule has 1 saturated heterocycles. The van der Waals surface area contributed by atoms with Gasteiger partial charge in [-0.2, -0.15) is 4.31 Å². The smallest absolute Gasteiger partial charge is 0.258 e. The first-order valence-electron chi connectivity index (χ1n) is 8.93. The summed E-state index contributed by atoms with van der Waals surface area (Å²) in [4.78, 5) is 16.9. The molecule has 144 valence electrons. The Labute approximate surface area is 164 Å². The molecule has 0 radical (unpaired) electrons. The van der Waals surface area contributed by atoms with Crippen LogP contribution in [0.1, 0.15) is 36.0 Å². The molecule has 1 aromatic carbocycles. The Kier molecular flexibility index (Phi) is 6.51. The van der Waals surface area contributed by atoms with Crippen molar-refractivity contribution in [3.63, 3.8) is 0 Å². The fraction of sp³-hybridized carbons (Fsp3) is 0.368. The first-order valence-corrected chi connectivity index (χ1v) is 11.6. The van der Waals surface area contributed by atoms with Crippen molar-refractivity contribution < 1.29 is 13.2 Å². The molecule has 0 spiro atoms. The van der Waals surface area contributed by atoms with Crippen LogP contribution < -0.4 is 5.32 Å². The van der Waals surface area contributed by atoms with E-state index in [1.807, 2.05) is 6.26 Å². The van der Waals surface area contributed by atoms with Gasteiger partial charge in [0.05, 0.1) is 10.5 Å². The first kappa shape index (κ1) is 19.9. The van der Waals surface area contributed by atoms with Crippen LogP contribution in [0.4, 0.5) is 5.69 Å². The molecule has 2 aromatic rings. The van der Waals surface area contributed by atoms with Gasteiger partial charge in [0.15, 0.2) is 0 Å². The second kappa shape index (κ2) is 8.86. The molecule has 0 atom stereocenters. The van der Waals surface area contributed by atoms with Crippen molar-refractivity contribution in [3.05, 3.63) is 48.2 Å². The van der Waals surface area contributed by atoms with Gasteiger partial charge in [-0.15, -0.1) is 11.8 Å². The number of pyridine rings is 1. The average molecular weight is 406 g/mol. The van der Waals surface area contributed by atoms with Gasteiger partial charge in [0.2, 0.25) is 10.0 Å². The zero-order valence-corrected chi connectivity index (χ0v) is 16.9. The van der Waals surface area contributed by atoms with E-state index in [2.05, 4.69) is 10.3 Å². The van der Waals surface area contributed by atoms with Gasteiger partial charge in [-0.25, -0.2) is 13.4 Å². The van der Waals surface area contributed by atoms with Gasteiger partial charge in [0, 0.05) is 25.0 Å². The topological polar surface area (TPSA) is 79.4 Å². The van der Waals surface area contributed by atoms with Crippen LogP contribution in [-0.4, -0.2) is 43.0 Å². The predicted octanol–water partition coefficient (Wildman–Crippen LogP) is 3.62. The molecule has 3 rings (SSSR count). The molecule has 1 amide bonds. The van der Waals surface area contributed by atoms with E-state index in [-0.39, 0.29) is 10.8 Å². The van der Waals surface area contributed by atoms with Crippen molar-refractivity contribution in [2.24, 2.45) is 0 Å². The molecule has 1 fully saturated rings. The summed E-state index contributed by atoms with van der Waals surface area (Å²) in [7, 11) is -3.49. The third kappa shape index (κ3) is 4.69. The average Bonchev–Trinajstić information content (AvgIpc) is 2.98. The molecular formula is C19H23N3O3S2. The van der Waals surface area contributed by atoms with E-state index >= 15 is 0 Å². The molecule has 1 aliphatic heterocycles. The maximum Gasteiger partial charge on any atom is 0.258 e. The van der Waals surface area contributed by atoms with Crippen molar-refractivity contribution in [3.8, 4) is 0 Å². The van der Waals surface area contributed by atoms with Crippen molar-refractivity contribution in [2.45, 2.75) is 35.6 Å². The number of hydrogen-bond donors (Lipinski definition) is 1. The van der Waals surface area contributed by atoms with Gasteiger partial charge in [0.25, 0.3) is 5.91 Å². The Bertz CT molecular complexity index is 891. The summed E-state index contributed by atoms with van der Waals surface area (Å²) < 4.78 is 27.2. The van der Waals surface area contributed by atoms with Gasteiger partial charge in [0.1, 0.15) is 5.03 Å². The van der Waals surface area contributed by atoms with Gasteiger partial charge < -0.3 is 5.32 Å². The summed E-state index contributed by atoms with van der Waals surface area (Å²) in [6, 6.07) is 9.77. The summed E-state index contributed by atoms with van der Waals surface area (Å²) in [5.41, 5.74) is 1.04. The van der Waals surface area contributed by atoms with E-state index in [1.165, 1.54) is 11.8 Å². The highest BCUT2D eigenvalue weighted by Crippen LogP contribution is 2.23. The Balaban J connectivity index is 1.74. The molecule has 8 heteroatoms. The minimum Gasteiger partial charge on any atom is -0.322 e. The minimum absolute atomic E-state index is 0.258. The van der Waals surface area contributed by atoms with E-state index in [4.69, 9.17) is 0 Å². The second-order valence-corrected chi connectivity index (χ2v) is 9.09. The van der Waals surface area contributed by atoms with E-state index in [9.17, 15) is 13.2 Å². The number of aromatic nitrogens is 1. The molecule has 27 heavy (non-hydrogen) atoms. The number of carbonyl (C=O) groups excluding carboxylic acids is 1. The zero-order chi connectivity index (χ0) is 19.3. The Morgan fingerprint density at radius 3 is 2.37 bits per heavy atom. The van der Waals surface area contributed by atoms with Crippen molar-refractivity contribution in [1.82, 2.24) is 9.29 Å². The number of thioether (sulfide) groups is 1. The van der Waals surface area contributed by atoms with E-state index in [0.717, 1.165) is 25.7 Å².